The van der Waals surface area contributed by atoms with Gasteiger partial charge in [0.15, 0.2) is 0 Å². The third-order valence-electron chi connectivity index (χ3n) is 2.70. The summed E-state index contributed by atoms with van der Waals surface area (Å²) in [5.74, 6) is 0. The van der Waals surface area contributed by atoms with E-state index in [-0.39, 0.29) is 6.10 Å². The van der Waals surface area contributed by atoms with Crippen LogP contribution in [0.25, 0.3) is 0 Å². The molecule has 0 radical (unpaired) electrons. The van der Waals surface area contributed by atoms with Crippen LogP contribution < -0.4 is 11.1 Å². The Kier molecular flexibility index (Phi) is 5.01. The molecule has 0 aliphatic rings. The van der Waals surface area contributed by atoms with E-state index in [0.717, 1.165) is 35.3 Å². The third kappa shape index (κ3) is 3.65. The average Bonchev–Trinajstić information content (AvgIpc) is 2.29. The lowest BCUT2D eigenvalue weighted by molar-refractivity contribution is 0.130. The third-order valence-corrected chi connectivity index (χ3v) is 2.70. The van der Waals surface area contributed by atoms with Crippen LogP contribution in [0.1, 0.15) is 38.8 Å². The number of benzene rings is 1. The van der Waals surface area contributed by atoms with Crippen molar-refractivity contribution in [3.8, 4) is 0 Å². The fourth-order valence-electron chi connectivity index (χ4n) is 1.80. The first kappa shape index (κ1) is 14.4. The fourth-order valence-corrected chi connectivity index (χ4v) is 1.80. The normalized spacial score (nSPS) is 10.5. The van der Waals surface area contributed by atoms with Gasteiger partial charge in [0.05, 0.1) is 6.10 Å². The highest BCUT2D eigenvalue weighted by Crippen LogP contribution is 2.24. The molecule has 1 amide bonds. The molecule has 0 saturated heterocycles. The standard InChI is InChI=1S/C14H22N2O2/c1-5-10-7-12(8-11(6-2)13(10)15)16-14(17)18-9(3)4/h7-9H,5-6,15H2,1-4H3,(H,16,17). The van der Waals surface area contributed by atoms with Crippen LogP contribution in [0.4, 0.5) is 16.2 Å². The summed E-state index contributed by atoms with van der Waals surface area (Å²) < 4.78 is 5.05. The molecule has 0 aromatic heterocycles. The van der Waals surface area contributed by atoms with Crippen LogP contribution in [0, 0.1) is 0 Å². The van der Waals surface area contributed by atoms with E-state index in [1.165, 1.54) is 0 Å². The van der Waals surface area contributed by atoms with E-state index in [0.29, 0.717) is 0 Å². The van der Waals surface area contributed by atoms with Crippen molar-refractivity contribution in [2.45, 2.75) is 46.6 Å². The van der Waals surface area contributed by atoms with Gasteiger partial charge in [-0.25, -0.2) is 4.79 Å². The van der Waals surface area contributed by atoms with Crippen LogP contribution in [-0.2, 0) is 17.6 Å². The quantitative estimate of drug-likeness (QED) is 0.805. The van der Waals surface area contributed by atoms with Crippen molar-refractivity contribution >= 4 is 17.5 Å². The van der Waals surface area contributed by atoms with Crippen molar-refractivity contribution in [1.29, 1.82) is 0 Å². The van der Waals surface area contributed by atoms with E-state index < -0.39 is 6.09 Å². The van der Waals surface area contributed by atoms with Gasteiger partial charge in [0, 0.05) is 11.4 Å². The Morgan fingerprint density at radius 1 is 1.28 bits per heavy atom. The lowest BCUT2D eigenvalue weighted by atomic mass is 10.0. The van der Waals surface area contributed by atoms with Crippen molar-refractivity contribution in [2.24, 2.45) is 0 Å². The molecule has 0 aliphatic heterocycles. The molecule has 0 bridgehead atoms. The Hall–Kier alpha value is -1.71. The highest BCUT2D eigenvalue weighted by atomic mass is 16.6. The molecule has 4 nitrogen and oxygen atoms in total. The molecule has 0 saturated carbocycles. The monoisotopic (exact) mass is 250 g/mol. The maximum atomic E-state index is 11.5. The molecular weight excluding hydrogens is 228 g/mol. The number of ether oxygens (including phenoxy) is 1. The van der Waals surface area contributed by atoms with E-state index >= 15 is 0 Å². The van der Waals surface area contributed by atoms with E-state index in [9.17, 15) is 4.79 Å². The fraction of sp³-hybridized carbons (Fsp3) is 0.500. The molecule has 1 aromatic carbocycles. The van der Waals surface area contributed by atoms with Gasteiger partial charge in [-0.3, -0.25) is 5.32 Å². The van der Waals surface area contributed by atoms with Gasteiger partial charge in [0.25, 0.3) is 0 Å². The predicted octanol–water partition coefficient (Wildman–Crippen LogP) is 3.35. The zero-order chi connectivity index (χ0) is 13.7. The van der Waals surface area contributed by atoms with Gasteiger partial charge in [-0.2, -0.15) is 0 Å². The molecule has 100 valence electrons. The lowest BCUT2D eigenvalue weighted by Gasteiger charge is -2.14. The molecule has 0 spiro atoms. The van der Waals surface area contributed by atoms with Crippen molar-refractivity contribution in [1.82, 2.24) is 0 Å². The van der Waals surface area contributed by atoms with Gasteiger partial charge in [-0.1, -0.05) is 13.8 Å². The summed E-state index contributed by atoms with van der Waals surface area (Å²) in [5.41, 5.74) is 9.70. The van der Waals surface area contributed by atoms with Crippen LogP contribution >= 0.6 is 0 Å². The Morgan fingerprint density at radius 3 is 2.17 bits per heavy atom. The van der Waals surface area contributed by atoms with Crippen LogP contribution in [0.3, 0.4) is 0 Å². The van der Waals surface area contributed by atoms with Gasteiger partial charge in [-0.05, 0) is 49.9 Å². The number of nitrogens with two attached hydrogens (primary N) is 1. The zero-order valence-electron chi connectivity index (χ0n) is 11.5. The topological polar surface area (TPSA) is 64.3 Å². The molecule has 1 rings (SSSR count). The summed E-state index contributed by atoms with van der Waals surface area (Å²) in [6.07, 6.45) is 1.12. The Bertz CT molecular complexity index is 403. The second-order valence-corrected chi connectivity index (χ2v) is 4.49. The van der Waals surface area contributed by atoms with Gasteiger partial charge in [0.2, 0.25) is 0 Å². The summed E-state index contributed by atoms with van der Waals surface area (Å²) in [7, 11) is 0. The summed E-state index contributed by atoms with van der Waals surface area (Å²) in [6.45, 7) is 7.72. The molecule has 0 heterocycles. The molecule has 0 atom stereocenters. The van der Waals surface area contributed by atoms with E-state index in [1.54, 1.807) is 0 Å². The van der Waals surface area contributed by atoms with Crippen molar-refractivity contribution < 1.29 is 9.53 Å². The SMILES string of the molecule is CCc1cc(NC(=O)OC(C)C)cc(CC)c1N. The number of carbonyl (C=O) groups excluding carboxylic acids is 1. The number of hydrogen-bond donors (Lipinski definition) is 2. The molecule has 0 aliphatic carbocycles. The number of hydrogen-bond acceptors (Lipinski definition) is 3. The largest absolute Gasteiger partial charge is 0.447 e. The van der Waals surface area contributed by atoms with Crippen molar-refractivity contribution in [2.75, 3.05) is 11.1 Å². The van der Waals surface area contributed by atoms with E-state index in [1.807, 2.05) is 39.8 Å². The molecule has 0 unspecified atom stereocenters. The summed E-state index contributed by atoms with van der Waals surface area (Å²) in [4.78, 5) is 11.5. The number of nitrogens with one attached hydrogen (secondary N) is 1. The van der Waals surface area contributed by atoms with Gasteiger partial charge in [-0.15, -0.1) is 0 Å². The highest BCUT2D eigenvalue weighted by Gasteiger charge is 2.09. The highest BCUT2D eigenvalue weighted by molar-refractivity contribution is 5.85. The van der Waals surface area contributed by atoms with Gasteiger partial charge >= 0.3 is 6.09 Å². The molecule has 0 fully saturated rings. The number of aryl methyl sites for hydroxylation is 2. The Morgan fingerprint density at radius 2 is 1.78 bits per heavy atom. The first-order valence-corrected chi connectivity index (χ1v) is 6.36. The minimum atomic E-state index is -0.432. The number of carbonyl (C=O) groups is 1. The Labute approximate surface area is 109 Å². The maximum Gasteiger partial charge on any atom is 0.411 e. The number of anilines is 2. The van der Waals surface area contributed by atoms with Crippen LogP contribution in [0.2, 0.25) is 0 Å². The summed E-state index contributed by atoms with van der Waals surface area (Å²) >= 11 is 0. The predicted molar refractivity (Wildman–Crippen MR) is 74.9 cm³/mol. The van der Waals surface area contributed by atoms with E-state index in [2.05, 4.69) is 5.32 Å². The first-order chi connectivity index (χ1) is 8.47. The van der Waals surface area contributed by atoms with Crippen molar-refractivity contribution in [3.05, 3.63) is 23.3 Å². The minimum absolute atomic E-state index is 0.130. The molecule has 3 N–H and O–H groups in total. The second kappa shape index (κ2) is 6.28. The average molecular weight is 250 g/mol. The first-order valence-electron chi connectivity index (χ1n) is 6.36. The number of rotatable bonds is 4. The molecule has 4 heteroatoms. The number of nitrogen functional groups attached to an aromatic ring is 1. The van der Waals surface area contributed by atoms with E-state index in [4.69, 9.17) is 10.5 Å². The van der Waals surface area contributed by atoms with Crippen LogP contribution in [0.15, 0.2) is 12.1 Å². The van der Waals surface area contributed by atoms with Gasteiger partial charge in [0.1, 0.15) is 0 Å². The molecule has 18 heavy (non-hydrogen) atoms. The maximum absolute atomic E-state index is 11.5. The Balaban J connectivity index is 2.92. The van der Waals surface area contributed by atoms with Gasteiger partial charge < -0.3 is 10.5 Å². The summed E-state index contributed by atoms with van der Waals surface area (Å²) in [6, 6.07) is 3.80. The molecular formula is C14H22N2O2. The minimum Gasteiger partial charge on any atom is -0.447 e. The van der Waals surface area contributed by atoms with Crippen molar-refractivity contribution in [3.63, 3.8) is 0 Å². The lowest BCUT2D eigenvalue weighted by Crippen LogP contribution is -2.18. The number of amides is 1. The second-order valence-electron chi connectivity index (χ2n) is 4.49. The van der Waals surface area contributed by atoms with Crippen LogP contribution in [-0.4, -0.2) is 12.2 Å². The van der Waals surface area contributed by atoms with Crippen LogP contribution in [0.5, 0.6) is 0 Å². The smallest absolute Gasteiger partial charge is 0.411 e. The molecule has 1 aromatic rings. The zero-order valence-corrected chi connectivity index (χ0v) is 11.5. The summed E-state index contributed by atoms with van der Waals surface area (Å²) in [5, 5.41) is 2.73.